The zero-order valence-corrected chi connectivity index (χ0v) is 12.0. The van der Waals surface area contributed by atoms with E-state index in [1.807, 2.05) is 25.1 Å². The second-order valence-corrected chi connectivity index (χ2v) is 4.56. The summed E-state index contributed by atoms with van der Waals surface area (Å²) < 4.78 is 15.7. The van der Waals surface area contributed by atoms with E-state index in [0.717, 1.165) is 5.56 Å². The smallest absolute Gasteiger partial charge is 0.272 e. The molecule has 0 radical (unpaired) electrons. The van der Waals surface area contributed by atoms with Gasteiger partial charge in [0, 0.05) is 12.6 Å². The maximum absolute atomic E-state index is 12.0. The molecule has 1 aliphatic heterocycles. The molecule has 0 aliphatic carbocycles. The lowest BCUT2D eigenvalue weighted by molar-refractivity contribution is 0.0944. The average Bonchev–Trinajstić information content (AvgIpc) is 3.01. The molecule has 3 rings (SSSR count). The van der Waals surface area contributed by atoms with Crippen LogP contribution in [-0.2, 0) is 6.54 Å². The van der Waals surface area contributed by atoms with Gasteiger partial charge in [-0.1, -0.05) is 6.07 Å². The van der Waals surface area contributed by atoms with Crippen molar-refractivity contribution in [3.05, 3.63) is 41.6 Å². The Kier molecular flexibility index (Phi) is 4.04. The third-order valence-corrected chi connectivity index (χ3v) is 3.05. The molecular weight excluding hydrogens is 286 g/mol. The van der Waals surface area contributed by atoms with Gasteiger partial charge in [-0.05, 0) is 30.7 Å². The highest BCUT2D eigenvalue weighted by Gasteiger charge is 2.14. The van der Waals surface area contributed by atoms with E-state index in [1.165, 1.54) is 0 Å². The molecule has 0 atom stereocenters. The number of nitrogens with one attached hydrogen (secondary N) is 1. The van der Waals surface area contributed by atoms with E-state index >= 15 is 0 Å². The minimum atomic E-state index is -0.298. The summed E-state index contributed by atoms with van der Waals surface area (Å²) in [5, 5.41) is 10.4. The summed E-state index contributed by atoms with van der Waals surface area (Å²) in [4.78, 5) is 12.0. The lowest BCUT2D eigenvalue weighted by Gasteiger charge is -2.06. The maximum atomic E-state index is 12.0. The molecule has 0 bridgehead atoms. The van der Waals surface area contributed by atoms with Crippen LogP contribution in [0.4, 0.5) is 0 Å². The Labute approximate surface area is 127 Å². The van der Waals surface area contributed by atoms with Gasteiger partial charge < -0.3 is 19.5 Å². The molecule has 7 heteroatoms. The van der Waals surface area contributed by atoms with Crippen molar-refractivity contribution in [2.45, 2.75) is 13.5 Å². The molecule has 0 unspecified atom stereocenters. The Hall–Kier alpha value is -2.83. The Balaban J connectivity index is 1.60. The van der Waals surface area contributed by atoms with Crippen molar-refractivity contribution >= 4 is 5.91 Å². The van der Waals surface area contributed by atoms with Crippen LogP contribution in [-0.4, -0.2) is 29.5 Å². The highest BCUT2D eigenvalue weighted by atomic mass is 16.7. The third kappa shape index (κ3) is 3.08. The first-order valence-corrected chi connectivity index (χ1v) is 6.89. The lowest BCUT2D eigenvalue weighted by atomic mass is 10.2. The van der Waals surface area contributed by atoms with Gasteiger partial charge in [-0.15, -0.1) is 10.2 Å². The molecule has 0 spiro atoms. The number of carbonyl (C=O) groups is 1. The van der Waals surface area contributed by atoms with E-state index in [9.17, 15) is 4.79 Å². The van der Waals surface area contributed by atoms with Gasteiger partial charge >= 0.3 is 0 Å². The average molecular weight is 301 g/mol. The van der Waals surface area contributed by atoms with Crippen molar-refractivity contribution in [2.75, 3.05) is 13.4 Å². The van der Waals surface area contributed by atoms with Crippen molar-refractivity contribution in [2.24, 2.45) is 0 Å². The minimum absolute atomic E-state index is 0.229. The van der Waals surface area contributed by atoms with Gasteiger partial charge in [0.1, 0.15) is 0 Å². The number of hydrogen-bond donors (Lipinski definition) is 1. The fourth-order valence-corrected chi connectivity index (χ4v) is 1.99. The number of carbonyl (C=O) groups excluding carboxylic acids is 1. The van der Waals surface area contributed by atoms with Gasteiger partial charge in [0.2, 0.25) is 12.7 Å². The molecule has 1 aromatic carbocycles. The van der Waals surface area contributed by atoms with Crippen molar-refractivity contribution in [3.63, 3.8) is 0 Å². The fourth-order valence-electron chi connectivity index (χ4n) is 1.99. The molecule has 0 fully saturated rings. The highest BCUT2D eigenvalue weighted by Crippen LogP contribution is 2.32. The van der Waals surface area contributed by atoms with Crippen molar-refractivity contribution in [3.8, 4) is 17.4 Å². The van der Waals surface area contributed by atoms with E-state index in [0.29, 0.717) is 30.5 Å². The first-order valence-electron chi connectivity index (χ1n) is 6.89. The van der Waals surface area contributed by atoms with Crippen molar-refractivity contribution in [1.82, 2.24) is 15.5 Å². The summed E-state index contributed by atoms with van der Waals surface area (Å²) in [5.74, 6) is 1.50. The van der Waals surface area contributed by atoms with E-state index in [-0.39, 0.29) is 18.4 Å². The summed E-state index contributed by atoms with van der Waals surface area (Å²) in [6.07, 6.45) is 0. The van der Waals surface area contributed by atoms with E-state index in [2.05, 4.69) is 15.5 Å². The number of ether oxygens (including phenoxy) is 3. The van der Waals surface area contributed by atoms with Gasteiger partial charge in [0.25, 0.3) is 5.91 Å². The molecule has 1 N–H and O–H groups in total. The molecule has 7 nitrogen and oxygen atoms in total. The Morgan fingerprint density at radius 1 is 1.23 bits per heavy atom. The van der Waals surface area contributed by atoms with Crippen LogP contribution in [0.1, 0.15) is 23.0 Å². The summed E-state index contributed by atoms with van der Waals surface area (Å²) in [7, 11) is 0. The molecule has 0 saturated carbocycles. The number of amides is 1. The third-order valence-electron chi connectivity index (χ3n) is 3.05. The van der Waals surface area contributed by atoms with Gasteiger partial charge in [-0.3, -0.25) is 4.79 Å². The van der Waals surface area contributed by atoms with Crippen LogP contribution in [0.5, 0.6) is 17.4 Å². The Morgan fingerprint density at radius 3 is 2.86 bits per heavy atom. The monoisotopic (exact) mass is 301 g/mol. The van der Waals surface area contributed by atoms with Crippen LogP contribution in [0.3, 0.4) is 0 Å². The van der Waals surface area contributed by atoms with Crippen molar-refractivity contribution in [1.29, 1.82) is 0 Å². The van der Waals surface area contributed by atoms with Gasteiger partial charge in [0.15, 0.2) is 17.2 Å². The fraction of sp³-hybridized carbons (Fsp3) is 0.267. The van der Waals surface area contributed by atoms with Crippen LogP contribution in [0.2, 0.25) is 0 Å². The summed E-state index contributed by atoms with van der Waals surface area (Å²) in [6, 6.07) is 8.73. The summed E-state index contributed by atoms with van der Waals surface area (Å²) >= 11 is 0. The second-order valence-electron chi connectivity index (χ2n) is 4.56. The lowest BCUT2D eigenvalue weighted by Crippen LogP contribution is -2.24. The first kappa shape index (κ1) is 14.1. The number of nitrogens with zero attached hydrogens (tertiary/aromatic N) is 2. The number of aromatic nitrogens is 2. The second kappa shape index (κ2) is 6.30. The van der Waals surface area contributed by atoms with Crippen LogP contribution >= 0.6 is 0 Å². The number of fused-ring (bicyclic) bond motifs is 1. The number of hydrogen-bond acceptors (Lipinski definition) is 6. The molecule has 1 aliphatic rings. The summed E-state index contributed by atoms with van der Waals surface area (Å²) in [5.41, 5.74) is 1.15. The predicted molar refractivity (Wildman–Crippen MR) is 76.9 cm³/mol. The van der Waals surface area contributed by atoms with E-state index in [1.54, 1.807) is 12.1 Å². The van der Waals surface area contributed by atoms with Gasteiger partial charge in [0.05, 0.1) is 6.61 Å². The topological polar surface area (TPSA) is 82.6 Å². The highest BCUT2D eigenvalue weighted by molar-refractivity contribution is 5.92. The molecule has 2 heterocycles. The zero-order chi connectivity index (χ0) is 15.4. The molecule has 22 heavy (non-hydrogen) atoms. The number of rotatable bonds is 5. The van der Waals surface area contributed by atoms with Gasteiger partial charge in [-0.25, -0.2) is 0 Å². The zero-order valence-electron chi connectivity index (χ0n) is 12.0. The minimum Gasteiger partial charge on any atom is -0.477 e. The largest absolute Gasteiger partial charge is 0.477 e. The summed E-state index contributed by atoms with van der Waals surface area (Å²) in [6.45, 7) is 2.95. The van der Waals surface area contributed by atoms with Crippen LogP contribution in [0, 0.1) is 0 Å². The Morgan fingerprint density at radius 2 is 2.09 bits per heavy atom. The molecule has 1 aromatic heterocycles. The van der Waals surface area contributed by atoms with E-state index < -0.39 is 0 Å². The normalized spacial score (nSPS) is 12.0. The molecule has 1 amide bonds. The van der Waals surface area contributed by atoms with Crippen molar-refractivity contribution < 1.29 is 19.0 Å². The van der Waals surface area contributed by atoms with E-state index in [4.69, 9.17) is 14.2 Å². The molecule has 2 aromatic rings. The Bertz CT molecular complexity index is 673. The van der Waals surface area contributed by atoms with Crippen LogP contribution in [0.25, 0.3) is 0 Å². The maximum Gasteiger partial charge on any atom is 0.272 e. The molecule has 0 saturated heterocycles. The quantitative estimate of drug-likeness (QED) is 0.902. The van der Waals surface area contributed by atoms with Crippen LogP contribution in [0.15, 0.2) is 30.3 Å². The predicted octanol–water partition coefficient (Wildman–Crippen LogP) is 1.53. The molecule has 114 valence electrons. The standard InChI is InChI=1S/C15H15N3O4/c1-2-20-14-6-4-11(17-18-14)15(19)16-8-10-3-5-12-13(7-10)22-9-21-12/h3-7H,2,8-9H2,1H3,(H,16,19). The number of benzene rings is 1. The SMILES string of the molecule is CCOc1ccc(C(=O)NCc2ccc3c(c2)OCO3)nn1. The first-order chi connectivity index (χ1) is 10.8. The van der Waals surface area contributed by atoms with Gasteiger partial charge in [-0.2, -0.15) is 0 Å². The van der Waals surface area contributed by atoms with Crippen LogP contribution < -0.4 is 19.5 Å². The molecular formula is C15H15N3O4.